The lowest BCUT2D eigenvalue weighted by Gasteiger charge is -2.37. The average molecular weight is 296 g/mol. The molecule has 0 aromatic rings. The molecular formula is C17H32N2O2. The smallest absolute Gasteiger partial charge is 0.225 e. The standard InChI is InChI=1S/C17H32N2O2/c1-17(2,15-8-5-9-18-11-15)16(21)19-10-13-6-3-4-7-14(13)12-20/h13-15,18,20H,3-12H2,1-2H3,(H,19,21). The number of hydrogen-bond donors (Lipinski definition) is 3. The summed E-state index contributed by atoms with van der Waals surface area (Å²) in [6, 6.07) is 0. The Kier molecular flexibility index (Phi) is 6.06. The van der Waals surface area contributed by atoms with Gasteiger partial charge in [-0.05, 0) is 56.5 Å². The van der Waals surface area contributed by atoms with Crippen LogP contribution in [-0.4, -0.2) is 37.3 Å². The zero-order valence-corrected chi connectivity index (χ0v) is 13.7. The summed E-state index contributed by atoms with van der Waals surface area (Å²) in [6.45, 7) is 7.16. The molecule has 0 radical (unpaired) electrons. The zero-order valence-electron chi connectivity index (χ0n) is 13.7. The molecule has 1 heterocycles. The van der Waals surface area contributed by atoms with Gasteiger partial charge in [0.05, 0.1) is 0 Å². The number of aliphatic hydroxyl groups is 1. The van der Waals surface area contributed by atoms with E-state index in [2.05, 4.69) is 24.5 Å². The van der Waals surface area contributed by atoms with Gasteiger partial charge in [0.15, 0.2) is 0 Å². The first kappa shape index (κ1) is 16.8. The predicted molar refractivity (Wildman–Crippen MR) is 84.9 cm³/mol. The Morgan fingerprint density at radius 1 is 1.19 bits per heavy atom. The van der Waals surface area contributed by atoms with Gasteiger partial charge in [0.1, 0.15) is 0 Å². The summed E-state index contributed by atoms with van der Waals surface area (Å²) < 4.78 is 0. The second-order valence-corrected chi connectivity index (χ2v) is 7.46. The first-order valence-corrected chi connectivity index (χ1v) is 8.65. The Morgan fingerprint density at radius 2 is 1.90 bits per heavy atom. The van der Waals surface area contributed by atoms with Gasteiger partial charge in [-0.1, -0.05) is 26.7 Å². The molecule has 21 heavy (non-hydrogen) atoms. The third-order valence-corrected chi connectivity index (χ3v) is 5.73. The third kappa shape index (κ3) is 4.19. The maximum absolute atomic E-state index is 12.6. The fraction of sp³-hybridized carbons (Fsp3) is 0.941. The molecule has 1 amide bonds. The summed E-state index contributed by atoms with van der Waals surface area (Å²) in [5.74, 6) is 1.43. The van der Waals surface area contributed by atoms with Crippen molar-refractivity contribution >= 4 is 5.91 Å². The summed E-state index contributed by atoms with van der Waals surface area (Å²) in [7, 11) is 0. The van der Waals surface area contributed by atoms with Gasteiger partial charge in [0.2, 0.25) is 5.91 Å². The fourth-order valence-electron chi connectivity index (χ4n) is 3.90. The normalized spacial score (nSPS) is 30.9. The average Bonchev–Trinajstić information content (AvgIpc) is 2.53. The summed E-state index contributed by atoms with van der Waals surface area (Å²) in [4.78, 5) is 12.6. The van der Waals surface area contributed by atoms with Crippen LogP contribution in [0.2, 0.25) is 0 Å². The van der Waals surface area contributed by atoms with E-state index < -0.39 is 0 Å². The van der Waals surface area contributed by atoms with Gasteiger partial charge in [-0.2, -0.15) is 0 Å². The van der Waals surface area contributed by atoms with Crippen molar-refractivity contribution in [1.29, 1.82) is 0 Å². The van der Waals surface area contributed by atoms with Gasteiger partial charge in [-0.25, -0.2) is 0 Å². The molecule has 122 valence electrons. The molecule has 1 aliphatic carbocycles. The second kappa shape index (κ2) is 7.59. The molecule has 0 bridgehead atoms. The maximum atomic E-state index is 12.6. The Labute approximate surface area is 129 Å². The van der Waals surface area contributed by atoms with E-state index in [0.717, 1.165) is 45.3 Å². The van der Waals surface area contributed by atoms with Crippen molar-refractivity contribution in [3.63, 3.8) is 0 Å². The molecule has 3 unspecified atom stereocenters. The molecule has 3 atom stereocenters. The number of piperidine rings is 1. The van der Waals surface area contributed by atoms with Gasteiger partial charge in [0.25, 0.3) is 0 Å². The third-order valence-electron chi connectivity index (χ3n) is 5.73. The van der Waals surface area contributed by atoms with Crippen LogP contribution in [0.4, 0.5) is 0 Å². The van der Waals surface area contributed by atoms with Crippen LogP contribution in [0.3, 0.4) is 0 Å². The molecule has 3 N–H and O–H groups in total. The lowest BCUT2D eigenvalue weighted by Crippen LogP contribution is -2.48. The number of aliphatic hydroxyl groups excluding tert-OH is 1. The molecule has 0 aromatic carbocycles. The first-order chi connectivity index (χ1) is 10.1. The van der Waals surface area contributed by atoms with E-state index in [1.165, 1.54) is 12.8 Å². The predicted octanol–water partition coefficient (Wildman–Crippen LogP) is 1.93. The Morgan fingerprint density at radius 3 is 2.52 bits per heavy atom. The maximum Gasteiger partial charge on any atom is 0.225 e. The van der Waals surface area contributed by atoms with E-state index >= 15 is 0 Å². The van der Waals surface area contributed by atoms with E-state index in [9.17, 15) is 9.90 Å². The molecule has 2 fully saturated rings. The lowest BCUT2D eigenvalue weighted by molar-refractivity contribution is -0.133. The first-order valence-electron chi connectivity index (χ1n) is 8.65. The summed E-state index contributed by atoms with van der Waals surface area (Å²) in [6.07, 6.45) is 6.98. The Balaban J connectivity index is 1.84. The quantitative estimate of drug-likeness (QED) is 0.726. The van der Waals surface area contributed by atoms with E-state index in [1.807, 2.05) is 0 Å². The van der Waals surface area contributed by atoms with Crippen molar-refractivity contribution in [3.05, 3.63) is 0 Å². The monoisotopic (exact) mass is 296 g/mol. The molecule has 4 nitrogen and oxygen atoms in total. The zero-order chi connectivity index (χ0) is 15.3. The van der Waals surface area contributed by atoms with Gasteiger partial charge >= 0.3 is 0 Å². The molecule has 1 saturated carbocycles. The highest BCUT2D eigenvalue weighted by atomic mass is 16.3. The van der Waals surface area contributed by atoms with Crippen molar-refractivity contribution in [2.24, 2.45) is 23.2 Å². The molecule has 1 aliphatic heterocycles. The summed E-state index contributed by atoms with van der Waals surface area (Å²) in [5.41, 5.74) is -0.309. The lowest BCUT2D eigenvalue weighted by atomic mass is 9.74. The highest BCUT2D eigenvalue weighted by Crippen LogP contribution is 2.33. The van der Waals surface area contributed by atoms with Crippen LogP contribution >= 0.6 is 0 Å². The number of nitrogens with one attached hydrogen (secondary N) is 2. The van der Waals surface area contributed by atoms with Gasteiger partial charge in [-0.15, -0.1) is 0 Å². The van der Waals surface area contributed by atoms with E-state index in [0.29, 0.717) is 17.8 Å². The van der Waals surface area contributed by atoms with Crippen LogP contribution in [0, 0.1) is 23.2 Å². The van der Waals surface area contributed by atoms with Crippen molar-refractivity contribution in [1.82, 2.24) is 10.6 Å². The van der Waals surface area contributed by atoms with Crippen molar-refractivity contribution < 1.29 is 9.90 Å². The SMILES string of the molecule is CC(C)(C(=O)NCC1CCCCC1CO)C1CCCNC1. The van der Waals surface area contributed by atoms with Crippen LogP contribution in [0.25, 0.3) is 0 Å². The van der Waals surface area contributed by atoms with E-state index in [4.69, 9.17) is 0 Å². The van der Waals surface area contributed by atoms with Crippen molar-refractivity contribution in [2.45, 2.75) is 52.4 Å². The molecule has 2 rings (SSSR count). The Hall–Kier alpha value is -0.610. The number of amides is 1. The topological polar surface area (TPSA) is 61.4 Å². The van der Waals surface area contributed by atoms with Crippen LogP contribution in [-0.2, 0) is 4.79 Å². The molecule has 0 spiro atoms. The number of hydrogen-bond acceptors (Lipinski definition) is 3. The second-order valence-electron chi connectivity index (χ2n) is 7.46. The molecule has 0 aromatic heterocycles. The summed E-state index contributed by atoms with van der Waals surface area (Å²) in [5, 5.41) is 16.1. The Bertz CT molecular complexity index is 338. The highest BCUT2D eigenvalue weighted by Gasteiger charge is 2.37. The number of rotatable bonds is 5. The van der Waals surface area contributed by atoms with Crippen LogP contribution in [0.5, 0.6) is 0 Å². The molecule has 2 aliphatic rings. The number of carbonyl (C=O) groups excluding carboxylic acids is 1. The van der Waals surface area contributed by atoms with Crippen LogP contribution < -0.4 is 10.6 Å². The molecular weight excluding hydrogens is 264 g/mol. The van der Waals surface area contributed by atoms with Gasteiger partial charge in [-0.3, -0.25) is 4.79 Å². The minimum absolute atomic E-state index is 0.179. The largest absolute Gasteiger partial charge is 0.396 e. The minimum atomic E-state index is -0.309. The van der Waals surface area contributed by atoms with Gasteiger partial charge < -0.3 is 15.7 Å². The van der Waals surface area contributed by atoms with Crippen molar-refractivity contribution in [3.8, 4) is 0 Å². The highest BCUT2D eigenvalue weighted by molar-refractivity contribution is 5.82. The van der Waals surface area contributed by atoms with Crippen LogP contribution in [0.15, 0.2) is 0 Å². The van der Waals surface area contributed by atoms with Crippen LogP contribution in [0.1, 0.15) is 52.4 Å². The molecule has 1 saturated heterocycles. The molecule has 4 heteroatoms. The van der Waals surface area contributed by atoms with Gasteiger partial charge in [0, 0.05) is 18.6 Å². The fourth-order valence-corrected chi connectivity index (χ4v) is 3.90. The van der Waals surface area contributed by atoms with E-state index in [1.54, 1.807) is 0 Å². The number of carbonyl (C=O) groups is 1. The summed E-state index contributed by atoms with van der Waals surface area (Å²) >= 11 is 0. The minimum Gasteiger partial charge on any atom is -0.396 e. The van der Waals surface area contributed by atoms with Crippen molar-refractivity contribution in [2.75, 3.05) is 26.2 Å². The van der Waals surface area contributed by atoms with E-state index in [-0.39, 0.29) is 17.9 Å².